The van der Waals surface area contributed by atoms with E-state index in [2.05, 4.69) is 4.98 Å². The highest BCUT2D eigenvalue weighted by atomic mass is 32.1. The molecule has 2 rings (SSSR count). The van der Waals surface area contributed by atoms with Gasteiger partial charge in [0.1, 0.15) is 9.88 Å². The Hall–Kier alpha value is -1.89. The van der Waals surface area contributed by atoms with Gasteiger partial charge in [0.2, 0.25) is 0 Å². The van der Waals surface area contributed by atoms with Gasteiger partial charge in [-0.15, -0.1) is 11.3 Å². The van der Waals surface area contributed by atoms with Gasteiger partial charge in [0, 0.05) is 5.56 Å². The lowest BCUT2D eigenvalue weighted by Crippen LogP contribution is -2.11. The van der Waals surface area contributed by atoms with Crippen LogP contribution in [0.3, 0.4) is 0 Å². The first-order valence-corrected chi connectivity index (χ1v) is 6.55. The van der Waals surface area contributed by atoms with Crippen molar-refractivity contribution in [3.05, 3.63) is 40.4 Å². The van der Waals surface area contributed by atoms with Crippen molar-refractivity contribution in [2.24, 2.45) is 0 Å². The first-order valence-electron chi connectivity index (χ1n) is 5.74. The molecule has 0 amide bonds. The molecule has 7 heteroatoms. The number of halogens is 3. The molecule has 2 aromatic rings. The molecule has 0 fully saturated rings. The third kappa shape index (κ3) is 2.67. The van der Waals surface area contributed by atoms with Crippen LogP contribution in [0.2, 0.25) is 0 Å². The number of aromatic carboxylic acids is 1. The molecule has 1 N–H and O–H groups in total. The number of carbonyl (C=O) groups is 1. The maximum absolute atomic E-state index is 12.8. The molecule has 0 aliphatic rings. The fraction of sp³-hybridized carbons (Fsp3) is 0.231. The summed E-state index contributed by atoms with van der Waals surface area (Å²) in [6, 6.07) is 6.89. The number of hydrogen-bond donors (Lipinski definition) is 1. The van der Waals surface area contributed by atoms with Gasteiger partial charge in [-0.2, -0.15) is 13.2 Å². The quantitative estimate of drug-likeness (QED) is 0.929. The fourth-order valence-corrected chi connectivity index (χ4v) is 2.79. The molecule has 0 saturated carbocycles. The minimum Gasteiger partial charge on any atom is -0.477 e. The number of alkyl halides is 3. The topological polar surface area (TPSA) is 50.2 Å². The summed E-state index contributed by atoms with van der Waals surface area (Å²) in [5.41, 5.74) is 0.0285. The van der Waals surface area contributed by atoms with Crippen LogP contribution in [0.15, 0.2) is 24.3 Å². The fourth-order valence-electron chi connectivity index (χ4n) is 1.81. The van der Waals surface area contributed by atoms with Crippen molar-refractivity contribution < 1.29 is 23.1 Å². The number of nitrogens with zero attached hydrogens (tertiary/aromatic N) is 1. The van der Waals surface area contributed by atoms with Crippen molar-refractivity contribution in [3.8, 4) is 10.6 Å². The predicted molar refractivity (Wildman–Crippen MR) is 68.9 cm³/mol. The molecular weight excluding hydrogens is 291 g/mol. The minimum absolute atomic E-state index is 0.0761. The molecular formula is C13H10F3NO2S. The molecule has 106 valence electrons. The third-order valence-electron chi connectivity index (χ3n) is 2.72. The largest absolute Gasteiger partial charge is 0.477 e. The van der Waals surface area contributed by atoms with Crippen LogP contribution in [0.25, 0.3) is 10.6 Å². The zero-order valence-electron chi connectivity index (χ0n) is 10.4. The van der Waals surface area contributed by atoms with Crippen LogP contribution in [0, 0.1) is 0 Å². The van der Waals surface area contributed by atoms with E-state index in [0.29, 0.717) is 23.3 Å². The highest BCUT2D eigenvalue weighted by Gasteiger charge is 2.39. The number of aromatic nitrogens is 1. The molecule has 0 spiro atoms. The normalized spacial score (nSPS) is 11.6. The molecule has 1 heterocycles. The van der Waals surface area contributed by atoms with Crippen LogP contribution in [0.4, 0.5) is 13.2 Å². The second-order valence-corrected chi connectivity index (χ2v) is 5.01. The summed E-state index contributed by atoms with van der Waals surface area (Å²) in [4.78, 5) is 13.7. The van der Waals surface area contributed by atoms with Crippen molar-refractivity contribution in [3.63, 3.8) is 0 Å². The number of benzene rings is 1. The lowest BCUT2D eigenvalue weighted by atomic mass is 10.1. The van der Waals surface area contributed by atoms with E-state index < -0.39 is 22.7 Å². The smallest absolute Gasteiger partial charge is 0.435 e. The summed E-state index contributed by atoms with van der Waals surface area (Å²) < 4.78 is 38.4. The molecule has 1 aromatic carbocycles. The van der Waals surface area contributed by atoms with E-state index in [0.717, 1.165) is 5.56 Å². The van der Waals surface area contributed by atoms with E-state index in [-0.39, 0.29) is 5.01 Å². The first kappa shape index (κ1) is 14.5. The van der Waals surface area contributed by atoms with Gasteiger partial charge < -0.3 is 5.11 Å². The highest BCUT2D eigenvalue weighted by Crippen LogP contribution is 2.38. The zero-order chi connectivity index (χ0) is 14.9. The standard InChI is InChI=1S/C13H10F3NO2S/c1-2-7-5-3-4-6-8(7)11-17-10(13(14,15)16)9(20-11)12(18)19/h3-6H,2H2,1H3,(H,18,19). The number of carboxylic acid groups (broad SMARTS) is 1. The zero-order valence-corrected chi connectivity index (χ0v) is 11.2. The van der Waals surface area contributed by atoms with Crippen molar-refractivity contribution in [2.75, 3.05) is 0 Å². The summed E-state index contributed by atoms with van der Waals surface area (Å²) in [7, 11) is 0. The number of hydrogen-bond acceptors (Lipinski definition) is 3. The predicted octanol–water partition coefficient (Wildman–Crippen LogP) is 4.09. The van der Waals surface area contributed by atoms with Crippen molar-refractivity contribution in [2.45, 2.75) is 19.5 Å². The monoisotopic (exact) mass is 301 g/mol. The highest BCUT2D eigenvalue weighted by molar-refractivity contribution is 7.17. The van der Waals surface area contributed by atoms with Crippen LogP contribution in [-0.4, -0.2) is 16.1 Å². The van der Waals surface area contributed by atoms with Crippen molar-refractivity contribution in [1.29, 1.82) is 0 Å². The molecule has 0 unspecified atom stereocenters. The number of carboxylic acids is 1. The molecule has 0 saturated heterocycles. The van der Waals surface area contributed by atoms with Crippen molar-refractivity contribution >= 4 is 17.3 Å². The average molecular weight is 301 g/mol. The Labute approximate surface area is 116 Å². The van der Waals surface area contributed by atoms with Crippen LogP contribution in [-0.2, 0) is 12.6 Å². The van der Waals surface area contributed by atoms with Crippen LogP contribution < -0.4 is 0 Å². The average Bonchev–Trinajstić information content (AvgIpc) is 2.83. The summed E-state index contributed by atoms with van der Waals surface area (Å²) in [5.74, 6) is -1.62. The van der Waals surface area contributed by atoms with Gasteiger partial charge in [-0.05, 0) is 12.0 Å². The molecule has 0 atom stereocenters. The Kier molecular flexibility index (Phi) is 3.80. The van der Waals surface area contributed by atoms with Gasteiger partial charge in [0.25, 0.3) is 0 Å². The van der Waals surface area contributed by atoms with E-state index in [9.17, 15) is 18.0 Å². The maximum atomic E-state index is 12.8. The number of aryl methyl sites for hydroxylation is 1. The van der Waals surface area contributed by atoms with E-state index >= 15 is 0 Å². The van der Waals surface area contributed by atoms with E-state index in [4.69, 9.17) is 5.11 Å². The lowest BCUT2D eigenvalue weighted by Gasteiger charge is -2.04. The Bertz CT molecular complexity index is 649. The van der Waals surface area contributed by atoms with Crippen molar-refractivity contribution in [1.82, 2.24) is 4.98 Å². The van der Waals surface area contributed by atoms with E-state index in [1.807, 2.05) is 6.92 Å². The Morgan fingerprint density at radius 1 is 1.35 bits per heavy atom. The molecule has 1 aromatic heterocycles. The second kappa shape index (κ2) is 5.24. The van der Waals surface area contributed by atoms with Gasteiger partial charge in [-0.1, -0.05) is 31.2 Å². The van der Waals surface area contributed by atoms with Crippen LogP contribution in [0.5, 0.6) is 0 Å². The van der Waals surface area contributed by atoms with Gasteiger partial charge in [-0.3, -0.25) is 0 Å². The first-order chi connectivity index (χ1) is 9.34. The summed E-state index contributed by atoms with van der Waals surface area (Å²) in [6.45, 7) is 1.87. The number of rotatable bonds is 3. The molecule has 0 aliphatic heterocycles. The molecule has 20 heavy (non-hydrogen) atoms. The van der Waals surface area contributed by atoms with E-state index in [1.54, 1.807) is 24.3 Å². The maximum Gasteiger partial charge on any atom is 0.435 e. The van der Waals surface area contributed by atoms with Gasteiger partial charge >= 0.3 is 12.1 Å². The molecule has 0 radical (unpaired) electrons. The van der Waals surface area contributed by atoms with Gasteiger partial charge in [0.05, 0.1) is 0 Å². The number of thiazole rings is 1. The Morgan fingerprint density at radius 2 is 2.00 bits per heavy atom. The Morgan fingerprint density at radius 3 is 2.50 bits per heavy atom. The molecule has 0 bridgehead atoms. The van der Waals surface area contributed by atoms with Gasteiger partial charge in [0.15, 0.2) is 5.69 Å². The Balaban J connectivity index is 2.62. The van der Waals surface area contributed by atoms with Gasteiger partial charge in [-0.25, -0.2) is 9.78 Å². The summed E-state index contributed by atoms with van der Waals surface area (Å²) >= 11 is 0.546. The third-order valence-corrected chi connectivity index (χ3v) is 3.80. The van der Waals surface area contributed by atoms with E-state index in [1.165, 1.54) is 0 Å². The SMILES string of the molecule is CCc1ccccc1-c1nc(C(F)(F)F)c(C(=O)O)s1. The minimum atomic E-state index is -4.77. The molecule has 0 aliphatic carbocycles. The summed E-state index contributed by atoms with van der Waals surface area (Å²) in [5, 5.41) is 8.96. The summed E-state index contributed by atoms with van der Waals surface area (Å²) in [6.07, 6.45) is -4.15. The molecule has 3 nitrogen and oxygen atoms in total. The van der Waals surface area contributed by atoms with Crippen LogP contribution >= 0.6 is 11.3 Å². The van der Waals surface area contributed by atoms with Crippen LogP contribution in [0.1, 0.15) is 27.9 Å². The lowest BCUT2D eigenvalue weighted by molar-refractivity contribution is -0.141. The second-order valence-electron chi connectivity index (χ2n) is 4.01.